The largest absolute Gasteiger partial charge is 0.507 e. The van der Waals surface area contributed by atoms with E-state index in [1.54, 1.807) is 67.0 Å². The van der Waals surface area contributed by atoms with Crippen LogP contribution in [0.25, 0.3) is 16.0 Å². The van der Waals surface area contributed by atoms with E-state index in [0.717, 1.165) is 4.70 Å². The monoisotopic (exact) mass is 447 g/mol. The Kier molecular flexibility index (Phi) is 4.77. The third kappa shape index (κ3) is 3.28. The Morgan fingerprint density at radius 3 is 2.52 bits per heavy atom. The van der Waals surface area contributed by atoms with Gasteiger partial charge in [-0.05, 0) is 35.9 Å². The number of pyridine rings is 1. The van der Waals surface area contributed by atoms with Gasteiger partial charge in [0, 0.05) is 23.0 Å². The van der Waals surface area contributed by atoms with Crippen molar-refractivity contribution in [3.8, 4) is 0 Å². The van der Waals surface area contributed by atoms with Gasteiger partial charge in [-0.15, -0.1) is 0 Å². The molecule has 0 aliphatic carbocycles. The predicted octanol–water partition coefficient (Wildman–Crippen LogP) is 4.97. The predicted molar refractivity (Wildman–Crippen MR) is 120 cm³/mol. The molecule has 1 aliphatic rings. The molecule has 4 aromatic rings. The lowest BCUT2D eigenvalue weighted by Gasteiger charge is -2.22. The number of hydrogen-bond acceptors (Lipinski definition) is 6. The van der Waals surface area contributed by atoms with Gasteiger partial charge in [0.1, 0.15) is 5.76 Å². The number of aromatic nitrogens is 2. The van der Waals surface area contributed by atoms with Crippen molar-refractivity contribution in [3.63, 3.8) is 0 Å². The number of thiazole rings is 1. The van der Waals surface area contributed by atoms with Gasteiger partial charge in [-0.1, -0.05) is 53.3 Å². The summed E-state index contributed by atoms with van der Waals surface area (Å²) < 4.78 is 0.793. The second-order valence-electron chi connectivity index (χ2n) is 6.92. The SMILES string of the molecule is O=C1C(=O)N(c2nc3ccc(Cl)cc3s2)C(c2ccncc2)C1=C(O)c1ccccc1. The van der Waals surface area contributed by atoms with Gasteiger partial charge in [0.05, 0.1) is 21.8 Å². The van der Waals surface area contributed by atoms with Crippen LogP contribution in [-0.2, 0) is 9.59 Å². The van der Waals surface area contributed by atoms with Gasteiger partial charge in [-0.25, -0.2) is 4.98 Å². The van der Waals surface area contributed by atoms with Gasteiger partial charge < -0.3 is 5.11 Å². The van der Waals surface area contributed by atoms with Crippen LogP contribution in [0.2, 0.25) is 5.02 Å². The molecule has 5 rings (SSSR count). The molecule has 0 bridgehead atoms. The highest BCUT2D eigenvalue weighted by molar-refractivity contribution is 7.22. The molecule has 0 radical (unpaired) electrons. The minimum absolute atomic E-state index is 0.0136. The fraction of sp³-hybridized carbons (Fsp3) is 0.0435. The van der Waals surface area contributed by atoms with E-state index in [2.05, 4.69) is 9.97 Å². The molecule has 6 nitrogen and oxygen atoms in total. The number of rotatable bonds is 3. The number of Topliss-reactive ketones (excluding diaryl/α,β-unsaturated/α-hetero) is 1. The molecule has 2 aromatic carbocycles. The Bertz CT molecular complexity index is 1350. The summed E-state index contributed by atoms with van der Waals surface area (Å²) >= 11 is 7.35. The zero-order chi connectivity index (χ0) is 21.5. The Balaban J connectivity index is 1.73. The first-order valence-electron chi connectivity index (χ1n) is 9.37. The molecule has 1 aliphatic heterocycles. The standard InChI is InChI=1S/C23H14ClN3O3S/c24-15-6-7-16-17(12-15)31-23(26-16)27-19(13-8-10-25-11-9-13)18(21(29)22(27)30)20(28)14-4-2-1-3-5-14/h1-12,19,28H. The van der Waals surface area contributed by atoms with Crippen molar-refractivity contribution < 1.29 is 14.7 Å². The first-order chi connectivity index (χ1) is 15.0. The second kappa shape index (κ2) is 7.61. The molecule has 0 spiro atoms. The van der Waals surface area contributed by atoms with E-state index in [1.807, 2.05) is 6.07 Å². The van der Waals surface area contributed by atoms with Crippen LogP contribution in [0.4, 0.5) is 5.13 Å². The number of fused-ring (bicyclic) bond motifs is 1. The van der Waals surface area contributed by atoms with Crippen molar-refractivity contribution in [2.24, 2.45) is 0 Å². The second-order valence-corrected chi connectivity index (χ2v) is 8.37. The average Bonchev–Trinajstić information content (AvgIpc) is 3.32. The molecule has 1 saturated heterocycles. The molecule has 152 valence electrons. The average molecular weight is 448 g/mol. The summed E-state index contributed by atoms with van der Waals surface area (Å²) in [5.41, 5.74) is 1.78. The van der Waals surface area contributed by atoms with Crippen LogP contribution < -0.4 is 4.90 Å². The summed E-state index contributed by atoms with van der Waals surface area (Å²) in [6, 6.07) is 16.5. The van der Waals surface area contributed by atoms with Crippen molar-refractivity contribution in [3.05, 3.63) is 94.8 Å². The number of aliphatic hydroxyl groups excluding tert-OH is 1. The highest BCUT2D eigenvalue weighted by Gasteiger charge is 2.48. The molecule has 1 fully saturated rings. The Labute approximate surface area is 186 Å². The number of carbonyl (C=O) groups is 2. The van der Waals surface area contributed by atoms with E-state index in [1.165, 1.54) is 16.2 Å². The zero-order valence-electron chi connectivity index (χ0n) is 15.9. The van der Waals surface area contributed by atoms with Gasteiger partial charge in [0.2, 0.25) is 0 Å². The summed E-state index contributed by atoms with van der Waals surface area (Å²) in [4.78, 5) is 36.1. The summed E-state index contributed by atoms with van der Waals surface area (Å²) in [7, 11) is 0. The summed E-state index contributed by atoms with van der Waals surface area (Å²) in [6.07, 6.45) is 3.16. The highest BCUT2D eigenvalue weighted by atomic mass is 35.5. The third-order valence-corrected chi connectivity index (χ3v) is 6.31. The van der Waals surface area contributed by atoms with E-state index in [-0.39, 0.29) is 11.3 Å². The van der Waals surface area contributed by atoms with Crippen LogP contribution in [0.15, 0.2) is 78.6 Å². The van der Waals surface area contributed by atoms with Crippen LogP contribution in [0.1, 0.15) is 17.2 Å². The molecule has 8 heteroatoms. The summed E-state index contributed by atoms with van der Waals surface area (Å²) in [5, 5.41) is 11.9. The van der Waals surface area contributed by atoms with Gasteiger partial charge in [0.15, 0.2) is 5.13 Å². The van der Waals surface area contributed by atoms with Gasteiger partial charge >= 0.3 is 5.91 Å². The maximum atomic E-state index is 13.1. The van der Waals surface area contributed by atoms with Crippen molar-refractivity contribution in [2.75, 3.05) is 4.90 Å². The quantitative estimate of drug-likeness (QED) is 0.272. The van der Waals surface area contributed by atoms with Crippen molar-refractivity contribution >= 4 is 55.7 Å². The van der Waals surface area contributed by atoms with Crippen LogP contribution in [-0.4, -0.2) is 26.8 Å². The number of ketones is 1. The molecule has 1 unspecified atom stereocenters. The third-order valence-electron chi connectivity index (χ3n) is 5.06. The van der Waals surface area contributed by atoms with E-state index >= 15 is 0 Å². The molecule has 31 heavy (non-hydrogen) atoms. The number of benzene rings is 2. The lowest BCUT2D eigenvalue weighted by molar-refractivity contribution is -0.132. The number of halogens is 1. The van der Waals surface area contributed by atoms with Crippen LogP contribution in [0.5, 0.6) is 0 Å². The van der Waals surface area contributed by atoms with Crippen molar-refractivity contribution in [2.45, 2.75) is 6.04 Å². The Morgan fingerprint density at radius 1 is 1.03 bits per heavy atom. The number of nitrogens with zero attached hydrogens (tertiary/aromatic N) is 3. The zero-order valence-corrected chi connectivity index (χ0v) is 17.5. The first kappa shape index (κ1) is 19.4. The molecular weight excluding hydrogens is 434 g/mol. The molecule has 3 heterocycles. The Morgan fingerprint density at radius 2 is 1.77 bits per heavy atom. The smallest absolute Gasteiger partial charge is 0.301 e. The molecule has 0 saturated carbocycles. The Hall–Kier alpha value is -3.55. The van der Waals surface area contributed by atoms with E-state index in [0.29, 0.717) is 26.8 Å². The fourth-order valence-electron chi connectivity index (χ4n) is 3.63. The van der Waals surface area contributed by atoms with E-state index < -0.39 is 17.7 Å². The summed E-state index contributed by atoms with van der Waals surface area (Å²) in [6.45, 7) is 0. The maximum absolute atomic E-state index is 13.1. The maximum Gasteiger partial charge on any atom is 0.301 e. The molecule has 1 N–H and O–H groups in total. The van der Waals surface area contributed by atoms with Gasteiger partial charge in [-0.2, -0.15) is 0 Å². The lowest BCUT2D eigenvalue weighted by Crippen LogP contribution is -2.29. The normalized spacial score (nSPS) is 18.1. The number of aliphatic hydroxyl groups is 1. The highest BCUT2D eigenvalue weighted by Crippen LogP contribution is 2.44. The molecule has 2 aromatic heterocycles. The van der Waals surface area contributed by atoms with Crippen molar-refractivity contribution in [1.82, 2.24) is 9.97 Å². The molecule has 1 amide bonds. The lowest BCUT2D eigenvalue weighted by atomic mass is 9.96. The minimum atomic E-state index is -0.834. The molecule has 1 atom stereocenters. The number of anilines is 1. The van der Waals surface area contributed by atoms with Crippen LogP contribution in [0, 0.1) is 0 Å². The van der Waals surface area contributed by atoms with Gasteiger partial charge in [0.25, 0.3) is 5.78 Å². The first-order valence-corrected chi connectivity index (χ1v) is 10.6. The number of hydrogen-bond donors (Lipinski definition) is 1. The van der Waals surface area contributed by atoms with Gasteiger partial charge in [-0.3, -0.25) is 19.5 Å². The number of amides is 1. The number of carbonyl (C=O) groups excluding carboxylic acids is 2. The topological polar surface area (TPSA) is 83.4 Å². The summed E-state index contributed by atoms with van der Waals surface area (Å²) in [5.74, 6) is -1.74. The minimum Gasteiger partial charge on any atom is -0.507 e. The van der Waals surface area contributed by atoms with Crippen molar-refractivity contribution in [1.29, 1.82) is 0 Å². The van der Waals surface area contributed by atoms with E-state index in [4.69, 9.17) is 11.6 Å². The molecular formula is C23H14ClN3O3S. The fourth-order valence-corrected chi connectivity index (χ4v) is 4.90. The van der Waals surface area contributed by atoms with Crippen LogP contribution in [0.3, 0.4) is 0 Å². The van der Waals surface area contributed by atoms with Crippen LogP contribution >= 0.6 is 22.9 Å². The van der Waals surface area contributed by atoms with E-state index in [9.17, 15) is 14.7 Å².